The van der Waals surface area contributed by atoms with E-state index in [2.05, 4.69) is 16.3 Å². The first kappa shape index (κ1) is 19.7. The maximum absolute atomic E-state index is 12.8. The van der Waals surface area contributed by atoms with Crippen LogP contribution < -0.4 is 15.0 Å². The van der Waals surface area contributed by atoms with Crippen molar-refractivity contribution in [2.45, 2.75) is 19.4 Å². The van der Waals surface area contributed by atoms with Crippen molar-refractivity contribution in [2.75, 3.05) is 38.2 Å². The molecule has 0 radical (unpaired) electrons. The van der Waals surface area contributed by atoms with Gasteiger partial charge in [-0.15, -0.1) is 0 Å². The van der Waals surface area contributed by atoms with Gasteiger partial charge in [0.15, 0.2) is 0 Å². The first-order valence-corrected chi connectivity index (χ1v) is 9.55. The molecular formula is C22H27N3O3. The zero-order chi connectivity index (χ0) is 19.9. The van der Waals surface area contributed by atoms with Crippen LogP contribution in [0.15, 0.2) is 54.6 Å². The zero-order valence-electron chi connectivity index (χ0n) is 16.4. The summed E-state index contributed by atoms with van der Waals surface area (Å²) < 4.78 is 5.30. The quantitative estimate of drug-likeness (QED) is 0.836. The number of carbonyl (C=O) groups excluding carboxylic acids is 2. The lowest BCUT2D eigenvalue weighted by Crippen LogP contribution is -2.49. The van der Waals surface area contributed by atoms with Crippen molar-refractivity contribution in [2.24, 2.45) is 0 Å². The second-order valence-corrected chi connectivity index (χ2v) is 6.94. The van der Waals surface area contributed by atoms with Crippen LogP contribution in [0.25, 0.3) is 0 Å². The van der Waals surface area contributed by atoms with Gasteiger partial charge in [-0.3, -0.25) is 9.59 Å². The Bertz CT molecular complexity index is 802. The summed E-state index contributed by atoms with van der Waals surface area (Å²) in [6.45, 7) is 4.35. The monoisotopic (exact) mass is 381 g/mol. The number of benzene rings is 2. The van der Waals surface area contributed by atoms with Gasteiger partial charge in [-0.25, -0.2) is 0 Å². The van der Waals surface area contributed by atoms with Crippen molar-refractivity contribution in [3.8, 4) is 5.75 Å². The predicted octanol–water partition coefficient (Wildman–Crippen LogP) is 2.61. The summed E-state index contributed by atoms with van der Waals surface area (Å²) in [6.07, 6.45) is 0.267. The topological polar surface area (TPSA) is 61.9 Å². The van der Waals surface area contributed by atoms with Crippen molar-refractivity contribution in [3.63, 3.8) is 0 Å². The number of methoxy groups -OCH3 is 1. The number of hydrogen-bond acceptors (Lipinski definition) is 4. The Balaban J connectivity index is 1.60. The van der Waals surface area contributed by atoms with Gasteiger partial charge in [0.1, 0.15) is 5.75 Å². The van der Waals surface area contributed by atoms with Crippen LogP contribution in [0, 0.1) is 0 Å². The Kier molecular flexibility index (Phi) is 6.53. The molecule has 6 nitrogen and oxygen atoms in total. The van der Waals surface area contributed by atoms with Crippen LogP contribution in [0.3, 0.4) is 0 Å². The van der Waals surface area contributed by atoms with Crippen LogP contribution in [0.4, 0.5) is 5.69 Å². The van der Waals surface area contributed by atoms with Gasteiger partial charge in [-0.1, -0.05) is 36.4 Å². The van der Waals surface area contributed by atoms with E-state index in [4.69, 9.17) is 4.74 Å². The molecule has 1 aliphatic rings. The molecule has 2 amide bonds. The highest BCUT2D eigenvalue weighted by Crippen LogP contribution is 2.23. The third kappa shape index (κ3) is 5.03. The molecule has 1 saturated heterocycles. The SMILES string of the molecule is COc1cccc(N2CCN(C(=O)CC(NC(C)=O)c3ccccc3)CC2)c1. The fourth-order valence-electron chi connectivity index (χ4n) is 3.51. The summed E-state index contributed by atoms with van der Waals surface area (Å²) in [4.78, 5) is 28.6. The summed E-state index contributed by atoms with van der Waals surface area (Å²) >= 11 is 0. The molecule has 6 heteroatoms. The average Bonchev–Trinajstić information content (AvgIpc) is 2.73. The number of nitrogens with one attached hydrogen (secondary N) is 1. The molecule has 148 valence electrons. The lowest BCUT2D eigenvalue weighted by atomic mass is 10.0. The second kappa shape index (κ2) is 9.26. The molecule has 2 aromatic carbocycles. The molecule has 2 aromatic rings. The number of hydrogen-bond donors (Lipinski definition) is 1. The van der Waals surface area contributed by atoms with E-state index in [1.165, 1.54) is 6.92 Å². The molecule has 1 fully saturated rings. The van der Waals surface area contributed by atoms with Crippen LogP contribution >= 0.6 is 0 Å². The van der Waals surface area contributed by atoms with Gasteiger partial charge in [0.25, 0.3) is 0 Å². The van der Waals surface area contributed by atoms with Gasteiger partial charge in [0.2, 0.25) is 11.8 Å². The van der Waals surface area contributed by atoms with Crippen LogP contribution in [0.2, 0.25) is 0 Å². The summed E-state index contributed by atoms with van der Waals surface area (Å²) in [5, 5.41) is 2.90. The Morgan fingerprint density at radius 1 is 1.04 bits per heavy atom. The third-order valence-corrected chi connectivity index (χ3v) is 5.01. The van der Waals surface area contributed by atoms with Crippen molar-refractivity contribution in [3.05, 3.63) is 60.2 Å². The molecule has 0 aliphatic carbocycles. The predicted molar refractivity (Wildman–Crippen MR) is 109 cm³/mol. The number of carbonyl (C=O) groups is 2. The lowest BCUT2D eigenvalue weighted by Gasteiger charge is -2.36. The van der Waals surface area contributed by atoms with Gasteiger partial charge < -0.3 is 19.9 Å². The van der Waals surface area contributed by atoms with Crippen molar-refractivity contribution in [1.29, 1.82) is 0 Å². The smallest absolute Gasteiger partial charge is 0.225 e. The fourth-order valence-corrected chi connectivity index (χ4v) is 3.51. The number of piperazine rings is 1. The minimum absolute atomic E-state index is 0.0629. The summed E-state index contributed by atoms with van der Waals surface area (Å²) in [5.41, 5.74) is 2.05. The van der Waals surface area contributed by atoms with Crippen molar-refractivity contribution >= 4 is 17.5 Å². The Morgan fingerprint density at radius 2 is 1.75 bits per heavy atom. The number of rotatable bonds is 6. The van der Waals surface area contributed by atoms with Crippen molar-refractivity contribution < 1.29 is 14.3 Å². The van der Waals surface area contributed by atoms with E-state index >= 15 is 0 Å². The van der Waals surface area contributed by atoms with Crippen LogP contribution in [0.5, 0.6) is 5.75 Å². The van der Waals surface area contributed by atoms with E-state index < -0.39 is 0 Å². The van der Waals surface area contributed by atoms with E-state index in [1.54, 1.807) is 7.11 Å². The molecule has 1 atom stereocenters. The number of nitrogens with zero attached hydrogens (tertiary/aromatic N) is 2. The molecule has 1 heterocycles. The standard InChI is InChI=1S/C22H27N3O3/c1-17(26)23-21(18-7-4-3-5-8-18)16-22(27)25-13-11-24(12-14-25)19-9-6-10-20(15-19)28-2/h3-10,15,21H,11-14,16H2,1-2H3,(H,23,26). The first-order chi connectivity index (χ1) is 13.6. The summed E-state index contributed by atoms with van der Waals surface area (Å²) in [5.74, 6) is 0.759. The van der Waals surface area contributed by atoms with Crippen LogP contribution in [0.1, 0.15) is 24.9 Å². The summed E-state index contributed by atoms with van der Waals surface area (Å²) in [6, 6.07) is 17.3. The highest BCUT2D eigenvalue weighted by atomic mass is 16.5. The van der Waals surface area contributed by atoms with E-state index in [0.29, 0.717) is 13.1 Å². The molecule has 1 unspecified atom stereocenters. The summed E-state index contributed by atoms with van der Waals surface area (Å²) in [7, 11) is 1.66. The minimum Gasteiger partial charge on any atom is -0.497 e. The van der Waals surface area contributed by atoms with Gasteiger partial charge in [-0.2, -0.15) is 0 Å². The Hall–Kier alpha value is -3.02. The average molecular weight is 381 g/mol. The molecule has 1 aliphatic heterocycles. The second-order valence-electron chi connectivity index (χ2n) is 6.94. The molecule has 3 rings (SSSR count). The lowest BCUT2D eigenvalue weighted by molar-refractivity contribution is -0.132. The van der Waals surface area contributed by atoms with E-state index in [0.717, 1.165) is 30.1 Å². The number of amides is 2. The maximum Gasteiger partial charge on any atom is 0.225 e. The normalized spacial score (nSPS) is 15.1. The Labute approximate surface area is 166 Å². The van der Waals surface area contributed by atoms with Gasteiger partial charge in [-0.05, 0) is 17.7 Å². The molecule has 1 N–H and O–H groups in total. The van der Waals surface area contributed by atoms with Gasteiger partial charge >= 0.3 is 0 Å². The highest BCUT2D eigenvalue weighted by molar-refractivity contribution is 5.79. The zero-order valence-corrected chi connectivity index (χ0v) is 16.4. The molecule has 0 bridgehead atoms. The largest absolute Gasteiger partial charge is 0.497 e. The van der Waals surface area contributed by atoms with Crippen LogP contribution in [-0.4, -0.2) is 50.0 Å². The minimum atomic E-state index is -0.303. The fraction of sp³-hybridized carbons (Fsp3) is 0.364. The first-order valence-electron chi connectivity index (χ1n) is 9.55. The highest BCUT2D eigenvalue weighted by Gasteiger charge is 2.25. The number of ether oxygens (including phenoxy) is 1. The third-order valence-electron chi connectivity index (χ3n) is 5.01. The van der Waals surface area contributed by atoms with Gasteiger partial charge in [0, 0.05) is 44.9 Å². The van der Waals surface area contributed by atoms with Gasteiger partial charge in [0.05, 0.1) is 19.6 Å². The van der Waals surface area contributed by atoms with E-state index in [1.807, 2.05) is 53.4 Å². The number of anilines is 1. The molecule has 0 spiro atoms. The van der Waals surface area contributed by atoms with E-state index in [9.17, 15) is 9.59 Å². The van der Waals surface area contributed by atoms with Crippen LogP contribution in [-0.2, 0) is 9.59 Å². The Morgan fingerprint density at radius 3 is 2.39 bits per heavy atom. The van der Waals surface area contributed by atoms with Crippen molar-refractivity contribution in [1.82, 2.24) is 10.2 Å². The van der Waals surface area contributed by atoms with E-state index in [-0.39, 0.29) is 24.3 Å². The molecule has 0 saturated carbocycles. The molecule has 28 heavy (non-hydrogen) atoms. The molecular weight excluding hydrogens is 354 g/mol. The maximum atomic E-state index is 12.8. The molecule has 0 aromatic heterocycles.